The molecule has 0 saturated carbocycles. The van der Waals surface area contributed by atoms with Gasteiger partial charge in [0.1, 0.15) is 11.6 Å². The smallest absolute Gasteiger partial charge is 0.400 e. The van der Waals surface area contributed by atoms with Crippen molar-refractivity contribution in [3.05, 3.63) is 129 Å². The highest BCUT2D eigenvalue weighted by Crippen LogP contribution is 2.43. The van der Waals surface area contributed by atoms with E-state index in [1.165, 1.54) is 33.7 Å². The van der Waals surface area contributed by atoms with E-state index in [1.807, 2.05) is 24.3 Å². The van der Waals surface area contributed by atoms with Gasteiger partial charge in [-0.1, -0.05) is 95.1 Å². The van der Waals surface area contributed by atoms with Crippen LogP contribution in [0.3, 0.4) is 0 Å². The minimum Gasteiger partial charge on any atom is -0.400 e. The van der Waals surface area contributed by atoms with E-state index in [9.17, 15) is 4.39 Å². The Morgan fingerprint density at radius 2 is 1.53 bits per heavy atom. The average molecular weight is 681 g/mol. The van der Waals surface area contributed by atoms with Gasteiger partial charge >= 0.3 is 7.12 Å². The van der Waals surface area contributed by atoms with Gasteiger partial charge in [-0.2, -0.15) is 0 Å². The fourth-order valence-electron chi connectivity index (χ4n) is 6.12. The summed E-state index contributed by atoms with van der Waals surface area (Å²) >= 11 is 1.72. The van der Waals surface area contributed by atoms with Crippen LogP contribution in [0.5, 0.6) is 0 Å². The Hall–Kier alpha value is -3.32. The Balaban J connectivity index is 1.55. The highest BCUT2D eigenvalue weighted by Gasteiger charge is 2.52. The highest BCUT2D eigenvalue weighted by atomic mass is 32.1. The second kappa shape index (κ2) is 14.9. The lowest BCUT2D eigenvalue weighted by Gasteiger charge is -2.32. The molecule has 0 bridgehead atoms. The van der Waals surface area contributed by atoms with E-state index in [-0.39, 0.29) is 23.5 Å². The number of benzene rings is 3. The van der Waals surface area contributed by atoms with Gasteiger partial charge in [0, 0.05) is 22.6 Å². The van der Waals surface area contributed by atoms with Crippen LogP contribution in [-0.2, 0) is 21.1 Å². The molecule has 0 aliphatic carbocycles. The van der Waals surface area contributed by atoms with E-state index in [2.05, 4.69) is 105 Å². The summed E-state index contributed by atoms with van der Waals surface area (Å²) in [6.45, 7) is 19.1. The van der Waals surface area contributed by atoms with Crippen molar-refractivity contribution in [2.24, 2.45) is 0 Å². The van der Waals surface area contributed by atoms with Gasteiger partial charge < -0.3 is 9.31 Å². The number of allylic oxidation sites excluding steroid dienone is 3. The lowest BCUT2D eigenvalue weighted by molar-refractivity contribution is 0.00578. The molecular formula is C43H51BF2O2S. The molecule has 0 atom stereocenters. The van der Waals surface area contributed by atoms with Crippen molar-refractivity contribution < 1.29 is 18.1 Å². The molecule has 1 aliphatic heterocycles. The molecule has 0 spiro atoms. The Labute approximate surface area is 297 Å². The SMILES string of the molecule is CCCC/C(B1OC(C)(C)C(C)(C)O1)=C(/C/C(F)=C/c1ccc(C(C)(C)C)cc1)c1ccc(C)c(Cc2ccc(-c3ccc(F)cc3)s2)c1. The molecule has 1 fully saturated rings. The van der Waals surface area contributed by atoms with Crippen LogP contribution < -0.4 is 0 Å². The first kappa shape index (κ1) is 37.0. The number of aryl methyl sites for hydroxylation is 1. The molecule has 0 amide bonds. The topological polar surface area (TPSA) is 18.5 Å². The van der Waals surface area contributed by atoms with Gasteiger partial charge in [0.2, 0.25) is 0 Å². The fourth-order valence-corrected chi connectivity index (χ4v) is 7.16. The van der Waals surface area contributed by atoms with Gasteiger partial charge in [0.15, 0.2) is 0 Å². The monoisotopic (exact) mass is 680 g/mol. The summed E-state index contributed by atoms with van der Waals surface area (Å²) < 4.78 is 43.1. The summed E-state index contributed by atoms with van der Waals surface area (Å²) in [6, 6.07) is 25.6. The van der Waals surface area contributed by atoms with E-state index >= 15 is 4.39 Å². The maximum atomic E-state index is 16.3. The van der Waals surface area contributed by atoms with Gasteiger partial charge in [-0.15, -0.1) is 11.3 Å². The van der Waals surface area contributed by atoms with Gasteiger partial charge in [0.05, 0.1) is 11.2 Å². The molecule has 2 nitrogen and oxygen atoms in total. The van der Waals surface area contributed by atoms with Crippen LogP contribution in [0.4, 0.5) is 8.78 Å². The average Bonchev–Trinajstić information content (AvgIpc) is 3.58. The molecular weight excluding hydrogens is 629 g/mol. The molecule has 0 radical (unpaired) electrons. The van der Waals surface area contributed by atoms with Crippen LogP contribution >= 0.6 is 11.3 Å². The molecule has 2 heterocycles. The Bertz CT molecular complexity index is 1790. The number of halogens is 2. The van der Waals surface area contributed by atoms with Crippen LogP contribution in [0.15, 0.2) is 90.2 Å². The molecule has 1 saturated heterocycles. The van der Waals surface area contributed by atoms with Crippen molar-refractivity contribution in [2.45, 2.75) is 111 Å². The Morgan fingerprint density at radius 1 is 0.878 bits per heavy atom. The van der Waals surface area contributed by atoms with Crippen LogP contribution in [-0.4, -0.2) is 18.3 Å². The molecule has 1 aliphatic rings. The maximum Gasteiger partial charge on any atom is 0.490 e. The van der Waals surface area contributed by atoms with Crippen molar-refractivity contribution in [1.82, 2.24) is 0 Å². The first-order valence-electron chi connectivity index (χ1n) is 17.5. The number of hydrogen-bond acceptors (Lipinski definition) is 3. The number of unbranched alkanes of at least 4 members (excludes halogenated alkanes) is 1. The summed E-state index contributed by atoms with van der Waals surface area (Å²) in [7, 11) is -0.564. The first-order valence-corrected chi connectivity index (χ1v) is 18.4. The molecule has 3 aromatic carbocycles. The fraction of sp³-hybridized carbons (Fsp3) is 0.395. The zero-order valence-corrected chi connectivity index (χ0v) is 31.5. The molecule has 0 unspecified atom stereocenters. The molecule has 258 valence electrons. The zero-order valence-electron chi connectivity index (χ0n) is 30.7. The van der Waals surface area contributed by atoms with E-state index < -0.39 is 18.3 Å². The van der Waals surface area contributed by atoms with Crippen LogP contribution in [0.2, 0.25) is 0 Å². The number of thiophene rings is 1. The summed E-state index contributed by atoms with van der Waals surface area (Å²) in [5, 5.41) is 0. The summed E-state index contributed by atoms with van der Waals surface area (Å²) in [6.07, 6.45) is 5.25. The van der Waals surface area contributed by atoms with E-state index in [0.29, 0.717) is 0 Å². The second-order valence-electron chi connectivity index (χ2n) is 15.4. The molecule has 5 rings (SSSR count). The predicted octanol–water partition coefficient (Wildman–Crippen LogP) is 12.7. The molecule has 1 aromatic heterocycles. The third-order valence-electron chi connectivity index (χ3n) is 10.0. The van der Waals surface area contributed by atoms with Crippen molar-refractivity contribution in [2.75, 3.05) is 0 Å². The van der Waals surface area contributed by atoms with Crippen LogP contribution in [0.25, 0.3) is 22.1 Å². The zero-order chi connectivity index (χ0) is 35.6. The van der Waals surface area contributed by atoms with Gasteiger partial charge in [-0.25, -0.2) is 8.78 Å². The highest BCUT2D eigenvalue weighted by molar-refractivity contribution is 7.15. The first-order chi connectivity index (χ1) is 23.1. The van der Waals surface area contributed by atoms with Crippen molar-refractivity contribution in [3.8, 4) is 10.4 Å². The Morgan fingerprint density at radius 3 is 2.14 bits per heavy atom. The minimum absolute atomic E-state index is 0.0303. The Kier molecular flexibility index (Phi) is 11.2. The number of hydrogen-bond donors (Lipinski definition) is 0. The molecule has 49 heavy (non-hydrogen) atoms. The lowest BCUT2D eigenvalue weighted by Crippen LogP contribution is -2.41. The van der Waals surface area contributed by atoms with Gasteiger partial charge in [0.25, 0.3) is 0 Å². The third kappa shape index (κ3) is 8.89. The molecule has 4 aromatic rings. The number of rotatable bonds is 11. The summed E-state index contributed by atoms with van der Waals surface area (Å²) in [5.41, 5.74) is 7.37. The second-order valence-corrected chi connectivity index (χ2v) is 16.6. The third-order valence-corrected chi connectivity index (χ3v) is 11.2. The largest absolute Gasteiger partial charge is 0.490 e. The summed E-state index contributed by atoms with van der Waals surface area (Å²) in [5.74, 6) is -0.436. The minimum atomic E-state index is -0.564. The van der Waals surface area contributed by atoms with Gasteiger partial charge in [-0.05, 0) is 121 Å². The quantitative estimate of drug-likeness (QED) is 0.147. The molecule has 6 heteroatoms. The van der Waals surface area contributed by atoms with Crippen LogP contribution in [0.1, 0.15) is 114 Å². The summed E-state index contributed by atoms with van der Waals surface area (Å²) in [4.78, 5) is 2.32. The maximum absolute atomic E-state index is 16.3. The van der Waals surface area contributed by atoms with Crippen molar-refractivity contribution in [1.29, 1.82) is 0 Å². The standard InChI is InChI=1S/C43H51BF2O2S/c1-10-11-12-39(44-47-42(6,7)43(8,9)48-44)38(28-36(46)25-30-14-19-34(20-15-30)41(3,4)5)32-16-13-29(2)33(26-32)27-37-23-24-40(49-37)31-17-21-35(45)22-18-31/h13-26H,10-12,27-28H2,1-9H3/b36-25-,39-38+. The van der Waals surface area contributed by atoms with E-state index in [0.717, 1.165) is 58.3 Å². The van der Waals surface area contributed by atoms with Crippen LogP contribution in [0, 0.1) is 12.7 Å². The van der Waals surface area contributed by atoms with Gasteiger partial charge in [-0.3, -0.25) is 0 Å². The normalized spacial score (nSPS) is 16.6. The lowest BCUT2D eigenvalue weighted by atomic mass is 9.70. The van der Waals surface area contributed by atoms with Crippen molar-refractivity contribution in [3.63, 3.8) is 0 Å². The van der Waals surface area contributed by atoms with E-state index in [4.69, 9.17) is 9.31 Å². The molecule has 0 N–H and O–H groups in total. The van der Waals surface area contributed by atoms with Crippen molar-refractivity contribution >= 4 is 30.1 Å². The van der Waals surface area contributed by atoms with E-state index in [1.54, 1.807) is 17.4 Å². The predicted molar refractivity (Wildman–Crippen MR) is 205 cm³/mol.